The number of hydrogen-bond acceptors (Lipinski definition) is 3. The maximum absolute atomic E-state index is 13.0. The third-order valence-electron chi connectivity index (χ3n) is 3.13. The van der Waals surface area contributed by atoms with Gasteiger partial charge in [-0.2, -0.15) is 13.2 Å². The van der Waals surface area contributed by atoms with Gasteiger partial charge in [0.1, 0.15) is 0 Å². The minimum absolute atomic E-state index is 0.0268. The van der Waals surface area contributed by atoms with Gasteiger partial charge in [-0.05, 0) is 25.0 Å². The van der Waals surface area contributed by atoms with Crippen molar-refractivity contribution >= 4 is 5.82 Å². The van der Waals surface area contributed by atoms with E-state index < -0.39 is 11.7 Å². The quantitative estimate of drug-likeness (QED) is 0.911. The predicted molar refractivity (Wildman–Crippen MR) is 62.7 cm³/mol. The minimum atomic E-state index is -4.43. The zero-order chi connectivity index (χ0) is 13.6. The summed E-state index contributed by atoms with van der Waals surface area (Å²) in [6, 6.07) is 5.30. The SMILES string of the molecule is Nc1nnn(-c2ccccc2C(F)(F)F)c1C1CC1. The van der Waals surface area contributed by atoms with Crippen molar-refractivity contribution in [1.82, 2.24) is 15.0 Å². The number of anilines is 1. The number of benzene rings is 1. The summed E-state index contributed by atoms with van der Waals surface area (Å²) in [5.74, 6) is 0.371. The highest BCUT2D eigenvalue weighted by atomic mass is 19.4. The first kappa shape index (κ1) is 12.0. The van der Waals surface area contributed by atoms with Crippen LogP contribution in [0.1, 0.15) is 30.0 Å². The van der Waals surface area contributed by atoms with E-state index in [1.165, 1.54) is 16.8 Å². The molecule has 1 aromatic carbocycles. The maximum atomic E-state index is 13.0. The zero-order valence-electron chi connectivity index (χ0n) is 9.85. The van der Waals surface area contributed by atoms with Crippen LogP contribution in [0.3, 0.4) is 0 Å². The molecular weight excluding hydrogens is 257 g/mol. The van der Waals surface area contributed by atoms with E-state index in [0.29, 0.717) is 5.69 Å². The second kappa shape index (κ2) is 3.97. The lowest BCUT2D eigenvalue weighted by atomic mass is 10.1. The van der Waals surface area contributed by atoms with Gasteiger partial charge in [-0.1, -0.05) is 17.3 Å². The van der Waals surface area contributed by atoms with E-state index in [-0.39, 0.29) is 17.4 Å². The van der Waals surface area contributed by atoms with E-state index >= 15 is 0 Å². The van der Waals surface area contributed by atoms with E-state index in [2.05, 4.69) is 10.3 Å². The number of nitrogens with zero attached hydrogens (tertiary/aromatic N) is 3. The summed E-state index contributed by atoms with van der Waals surface area (Å²) in [5.41, 5.74) is 5.52. The number of nitrogens with two attached hydrogens (primary N) is 1. The van der Waals surface area contributed by atoms with Gasteiger partial charge in [-0.15, -0.1) is 5.10 Å². The van der Waals surface area contributed by atoms with E-state index in [1.54, 1.807) is 6.07 Å². The zero-order valence-corrected chi connectivity index (χ0v) is 9.85. The summed E-state index contributed by atoms with van der Waals surface area (Å²) in [6.07, 6.45) is -2.62. The summed E-state index contributed by atoms with van der Waals surface area (Å²) in [5, 5.41) is 7.46. The van der Waals surface area contributed by atoms with Crippen LogP contribution in [0.2, 0.25) is 0 Å². The molecular formula is C12H11F3N4. The van der Waals surface area contributed by atoms with Gasteiger partial charge in [0, 0.05) is 5.92 Å². The van der Waals surface area contributed by atoms with E-state index in [9.17, 15) is 13.2 Å². The normalized spacial score (nSPS) is 15.7. The molecule has 1 aromatic heterocycles. The molecule has 1 aliphatic carbocycles. The molecule has 0 atom stereocenters. The first-order chi connectivity index (χ1) is 8.98. The van der Waals surface area contributed by atoms with Gasteiger partial charge in [-0.3, -0.25) is 0 Å². The van der Waals surface area contributed by atoms with Gasteiger partial charge in [0.2, 0.25) is 0 Å². The highest BCUT2D eigenvalue weighted by Gasteiger charge is 2.37. The third kappa shape index (κ3) is 2.05. The molecule has 1 aliphatic rings. The Labute approximate surface area is 107 Å². The van der Waals surface area contributed by atoms with Crippen molar-refractivity contribution in [1.29, 1.82) is 0 Å². The molecule has 4 nitrogen and oxygen atoms in total. The molecule has 1 heterocycles. The lowest BCUT2D eigenvalue weighted by Crippen LogP contribution is -2.13. The molecule has 0 saturated heterocycles. The number of alkyl halides is 3. The standard InChI is InChI=1S/C12H11F3N4/c13-12(14,15)8-3-1-2-4-9(8)19-10(7-5-6-7)11(16)17-18-19/h1-4,7H,5-6,16H2. The van der Waals surface area contributed by atoms with Gasteiger partial charge < -0.3 is 5.73 Å². The van der Waals surface area contributed by atoms with Crippen LogP contribution in [0.15, 0.2) is 24.3 Å². The van der Waals surface area contributed by atoms with Crippen molar-refractivity contribution in [3.8, 4) is 5.69 Å². The fourth-order valence-corrected chi connectivity index (χ4v) is 2.12. The first-order valence-electron chi connectivity index (χ1n) is 5.86. The largest absolute Gasteiger partial charge is 0.418 e. The topological polar surface area (TPSA) is 56.7 Å². The number of hydrogen-bond donors (Lipinski definition) is 1. The van der Waals surface area contributed by atoms with Gasteiger partial charge in [0.15, 0.2) is 5.82 Å². The van der Waals surface area contributed by atoms with Crippen LogP contribution in [-0.4, -0.2) is 15.0 Å². The van der Waals surface area contributed by atoms with Crippen molar-refractivity contribution in [3.05, 3.63) is 35.5 Å². The molecule has 0 unspecified atom stereocenters. The lowest BCUT2D eigenvalue weighted by Gasteiger charge is -2.13. The highest BCUT2D eigenvalue weighted by Crippen LogP contribution is 2.43. The summed E-state index contributed by atoms with van der Waals surface area (Å²) in [7, 11) is 0. The smallest absolute Gasteiger partial charge is 0.381 e. The second-order valence-corrected chi connectivity index (χ2v) is 4.56. The van der Waals surface area contributed by atoms with Crippen LogP contribution in [0.25, 0.3) is 5.69 Å². The number of aromatic nitrogens is 3. The van der Waals surface area contributed by atoms with E-state index in [1.807, 2.05) is 0 Å². The molecule has 19 heavy (non-hydrogen) atoms. The predicted octanol–water partition coefficient (Wildman–Crippen LogP) is 2.75. The van der Waals surface area contributed by atoms with Crippen LogP contribution in [0, 0.1) is 0 Å². The Kier molecular flexibility index (Phi) is 2.51. The molecule has 0 radical (unpaired) electrons. The Morgan fingerprint density at radius 2 is 1.89 bits per heavy atom. The molecule has 2 aromatic rings. The van der Waals surface area contributed by atoms with Crippen molar-refractivity contribution in [3.63, 3.8) is 0 Å². The van der Waals surface area contributed by atoms with Gasteiger partial charge in [0.05, 0.1) is 16.9 Å². The van der Waals surface area contributed by atoms with Crippen molar-refractivity contribution in [2.75, 3.05) is 5.73 Å². The molecule has 7 heteroatoms. The van der Waals surface area contributed by atoms with Gasteiger partial charge in [-0.25, -0.2) is 4.68 Å². The Balaban J connectivity index is 2.18. The average molecular weight is 268 g/mol. The molecule has 0 bridgehead atoms. The second-order valence-electron chi connectivity index (χ2n) is 4.56. The van der Waals surface area contributed by atoms with Gasteiger partial charge in [0.25, 0.3) is 0 Å². The molecule has 0 aliphatic heterocycles. The molecule has 1 saturated carbocycles. The molecule has 1 fully saturated rings. The highest BCUT2D eigenvalue weighted by molar-refractivity contribution is 5.48. The van der Waals surface area contributed by atoms with E-state index in [4.69, 9.17) is 5.73 Å². The first-order valence-corrected chi connectivity index (χ1v) is 5.86. The third-order valence-corrected chi connectivity index (χ3v) is 3.13. The average Bonchev–Trinajstić information content (AvgIpc) is 3.11. The summed E-state index contributed by atoms with van der Waals surface area (Å²) >= 11 is 0. The monoisotopic (exact) mass is 268 g/mol. The van der Waals surface area contributed by atoms with Crippen molar-refractivity contribution in [2.24, 2.45) is 0 Å². The van der Waals surface area contributed by atoms with Crippen LogP contribution in [-0.2, 0) is 6.18 Å². The molecule has 3 rings (SSSR count). The number of para-hydroxylation sites is 1. The van der Waals surface area contributed by atoms with E-state index in [0.717, 1.165) is 18.9 Å². The minimum Gasteiger partial charge on any atom is -0.381 e. The molecule has 100 valence electrons. The summed E-state index contributed by atoms with van der Waals surface area (Å²) in [6.45, 7) is 0. The fourth-order valence-electron chi connectivity index (χ4n) is 2.12. The van der Waals surface area contributed by atoms with Crippen molar-refractivity contribution < 1.29 is 13.2 Å². The van der Waals surface area contributed by atoms with Gasteiger partial charge >= 0.3 is 6.18 Å². The fraction of sp³-hybridized carbons (Fsp3) is 0.333. The Hall–Kier alpha value is -2.05. The summed E-state index contributed by atoms with van der Waals surface area (Å²) in [4.78, 5) is 0. The lowest BCUT2D eigenvalue weighted by molar-refractivity contribution is -0.137. The molecule has 0 spiro atoms. The number of nitrogen functional groups attached to an aromatic ring is 1. The Morgan fingerprint density at radius 1 is 1.21 bits per heavy atom. The Bertz CT molecular complexity index is 614. The number of halogens is 3. The van der Waals surface area contributed by atoms with Crippen molar-refractivity contribution in [2.45, 2.75) is 24.9 Å². The number of rotatable bonds is 2. The van der Waals surface area contributed by atoms with Crippen LogP contribution < -0.4 is 5.73 Å². The molecule has 2 N–H and O–H groups in total. The molecule has 0 amide bonds. The van der Waals surface area contributed by atoms with Crippen LogP contribution in [0.4, 0.5) is 19.0 Å². The maximum Gasteiger partial charge on any atom is 0.418 e. The van der Waals surface area contributed by atoms with Crippen LogP contribution >= 0.6 is 0 Å². The summed E-state index contributed by atoms with van der Waals surface area (Å²) < 4.78 is 40.2. The van der Waals surface area contributed by atoms with Crippen LogP contribution in [0.5, 0.6) is 0 Å². The Morgan fingerprint density at radius 3 is 2.53 bits per heavy atom.